The number of hydrogen-bond acceptors (Lipinski definition) is 3. The van der Waals surface area contributed by atoms with E-state index in [1.54, 1.807) is 13.0 Å². The zero-order valence-corrected chi connectivity index (χ0v) is 13.2. The van der Waals surface area contributed by atoms with Gasteiger partial charge in [0.1, 0.15) is 0 Å². The van der Waals surface area contributed by atoms with Gasteiger partial charge in [-0.25, -0.2) is 0 Å². The van der Waals surface area contributed by atoms with E-state index in [9.17, 15) is 18.3 Å². The Labute approximate surface area is 134 Å². The van der Waals surface area contributed by atoms with Gasteiger partial charge in [0.15, 0.2) is 0 Å². The summed E-state index contributed by atoms with van der Waals surface area (Å²) in [5, 5.41) is 10.7. The highest BCUT2D eigenvalue weighted by Crippen LogP contribution is 2.39. The average molecular weight is 329 g/mol. The second-order valence-corrected chi connectivity index (χ2v) is 6.95. The number of ether oxygens (including phenoxy) is 1. The zero-order chi connectivity index (χ0) is 16.7. The number of β-amino-alcohol motifs (C(OH)–C–C–N with tert-alkyl or cyclic N) is 1. The molecule has 3 rings (SSSR count). The van der Waals surface area contributed by atoms with Gasteiger partial charge in [-0.3, -0.25) is 4.90 Å². The lowest BCUT2D eigenvalue weighted by Gasteiger charge is -2.49. The lowest BCUT2D eigenvalue weighted by atomic mass is 9.78. The van der Waals surface area contributed by atoms with Crippen molar-refractivity contribution in [3.63, 3.8) is 0 Å². The fourth-order valence-corrected chi connectivity index (χ4v) is 3.49. The van der Waals surface area contributed by atoms with Crippen LogP contribution in [0.15, 0.2) is 24.3 Å². The van der Waals surface area contributed by atoms with Crippen molar-refractivity contribution in [2.75, 3.05) is 26.2 Å². The summed E-state index contributed by atoms with van der Waals surface area (Å²) in [5.74, 6) is 0. The molecule has 1 N–H and O–H groups in total. The maximum Gasteiger partial charge on any atom is 0.416 e. The standard InChI is InChI=1S/C17H22F3NO2/c1-15(22,13-4-2-5-14(10-13)17(18,19)20)11-21-8-9-23-16(12-21)6-3-7-16/h2,4-5,10,22H,3,6-9,11-12H2,1H3. The van der Waals surface area contributed by atoms with Gasteiger partial charge >= 0.3 is 6.18 Å². The first-order chi connectivity index (χ1) is 10.7. The fourth-order valence-electron chi connectivity index (χ4n) is 3.49. The number of benzene rings is 1. The van der Waals surface area contributed by atoms with E-state index in [1.807, 2.05) is 0 Å². The molecule has 1 aromatic carbocycles. The molecule has 23 heavy (non-hydrogen) atoms. The van der Waals surface area contributed by atoms with Crippen molar-refractivity contribution in [3.05, 3.63) is 35.4 Å². The number of nitrogens with zero attached hydrogens (tertiary/aromatic N) is 1. The van der Waals surface area contributed by atoms with Gasteiger partial charge in [-0.15, -0.1) is 0 Å². The minimum Gasteiger partial charge on any atom is -0.384 e. The summed E-state index contributed by atoms with van der Waals surface area (Å²) in [4.78, 5) is 2.10. The molecule has 1 aliphatic heterocycles. The van der Waals surface area contributed by atoms with E-state index in [1.165, 1.54) is 6.07 Å². The molecule has 1 saturated heterocycles. The second-order valence-electron chi connectivity index (χ2n) is 6.95. The Morgan fingerprint density at radius 2 is 1.96 bits per heavy atom. The van der Waals surface area contributed by atoms with Gasteiger partial charge in [0.2, 0.25) is 0 Å². The quantitative estimate of drug-likeness (QED) is 0.925. The molecule has 0 bridgehead atoms. The number of alkyl halides is 3. The minimum absolute atomic E-state index is 0.0951. The molecule has 0 aromatic heterocycles. The lowest BCUT2D eigenvalue weighted by molar-refractivity contribution is -0.160. The Morgan fingerprint density at radius 1 is 1.26 bits per heavy atom. The molecule has 1 aromatic rings. The van der Waals surface area contributed by atoms with Crippen LogP contribution in [-0.2, 0) is 16.5 Å². The maximum absolute atomic E-state index is 12.9. The van der Waals surface area contributed by atoms with Crippen LogP contribution in [0, 0.1) is 0 Å². The van der Waals surface area contributed by atoms with Crippen LogP contribution in [0.5, 0.6) is 0 Å². The van der Waals surface area contributed by atoms with Gasteiger partial charge in [0.05, 0.1) is 23.4 Å². The predicted molar refractivity (Wildman–Crippen MR) is 80.0 cm³/mol. The van der Waals surface area contributed by atoms with Crippen LogP contribution in [0.2, 0.25) is 0 Å². The van der Waals surface area contributed by atoms with Crippen molar-refractivity contribution in [3.8, 4) is 0 Å². The molecule has 6 heteroatoms. The third-order valence-electron chi connectivity index (χ3n) is 4.94. The molecule has 1 atom stereocenters. The third-order valence-corrected chi connectivity index (χ3v) is 4.94. The molecule has 1 spiro atoms. The van der Waals surface area contributed by atoms with Crippen LogP contribution >= 0.6 is 0 Å². The first kappa shape index (κ1) is 16.7. The Balaban J connectivity index is 1.73. The number of morpholine rings is 1. The molecule has 2 aliphatic rings. The van der Waals surface area contributed by atoms with Gasteiger partial charge in [-0.05, 0) is 43.9 Å². The highest BCUT2D eigenvalue weighted by Gasteiger charge is 2.43. The van der Waals surface area contributed by atoms with Crippen molar-refractivity contribution in [2.45, 2.75) is 43.6 Å². The number of halogens is 3. The largest absolute Gasteiger partial charge is 0.416 e. The number of rotatable bonds is 3. The van der Waals surface area contributed by atoms with Gasteiger partial charge in [0.25, 0.3) is 0 Å². The molecule has 1 heterocycles. The van der Waals surface area contributed by atoms with E-state index in [4.69, 9.17) is 4.74 Å². The van der Waals surface area contributed by atoms with Crippen LogP contribution in [0.25, 0.3) is 0 Å². The third kappa shape index (κ3) is 3.54. The molecular formula is C17H22F3NO2. The summed E-state index contributed by atoms with van der Waals surface area (Å²) < 4.78 is 44.4. The molecule has 1 saturated carbocycles. The van der Waals surface area contributed by atoms with Crippen LogP contribution in [-0.4, -0.2) is 41.8 Å². The van der Waals surface area contributed by atoms with Crippen molar-refractivity contribution >= 4 is 0 Å². The molecule has 128 valence electrons. The van der Waals surface area contributed by atoms with E-state index in [2.05, 4.69) is 4.90 Å². The highest BCUT2D eigenvalue weighted by atomic mass is 19.4. The van der Waals surface area contributed by atoms with E-state index >= 15 is 0 Å². The van der Waals surface area contributed by atoms with Crippen LogP contribution in [0.3, 0.4) is 0 Å². The molecular weight excluding hydrogens is 307 g/mol. The fraction of sp³-hybridized carbons (Fsp3) is 0.647. The van der Waals surface area contributed by atoms with E-state index in [0.717, 1.165) is 37.9 Å². The molecule has 1 unspecified atom stereocenters. The van der Waals surface area contributed by atoms with Crippen LogP contribution < -0.4 is 0 Å². The Bertz CT molecular complexity index is 567. The van der Waals surface area contributed by atoms with Gasteiger partial charge < -0.3 is 9.84 Å². The van der Waals surface area contributed by atoms with E-state index in [0.29, 0.717) is 25.3 Å². The predicted octanol–water partition coefficient (Wildman–Crippen LogP) is 3.17. The molecule has 0 radical (unpaired) electrons. The normalized spacial score (nSPS) is 24.2. The van der Waals surface area contributed by atoms with Crippen molar-refractivity contribution in [1.29, 1.82) is 0 Å². The van der Waals surface area contributed by atoms with Crippen molar-refractivity contribution in [1.82, 2.24) is 4.90 Å². The Morgan fingerprint density at radius 3 is 2.57 bits per heavy atom. The first-order valence-corrected chi connectivity index (χ1v) is 7.97. The monoisotopic (exact) mass is 329 g/mol. The van der Waals surface area contributed by atoms with Gasteiger partial charge in [-0.2, -0.15) is 13.2 Å². The smallest absolute Gasteiger partial charge is 0.384 e. The van der Waals surface area contributed by atoms with Crippen molar-refractivity contribution in [2.24, 2.45) is 0 Å². The van der Waals surface area contributed by atoms with Crippen LogP contribution in [0.1, 0.15) is 37.3 Å². The maximum atomic E-state index is 12.9. The SMILES string of the molecule is CC(O)(CN1CCOC2(CCC2)C1)c1cccc(C(F)(F)F)c1. The van der Waals surface area contributed by atoms with E-state index < -0.39 is 17.3 Å². The Hall–Kier alpha value is -1.11. The zero-order valence-electron chi connectivity index (χ0n) is 13.2. The minimum atomic E-state index is -4.40. The topological polar surface area (TPSA) is 32.7 Å². The van der Waals surface area contributed by atoms with Crippen molar-refractivity contribution < 1.29 is 23.0 Å². The number of aliphatic hydroxyl groups is 1. The summed E-state index contributed by atoms with van der Waals surface area (Å²) in [6.07, 6.45) is -1.21. The summed E-state index contributed by atoms with van der Waals surface area (Å²) in [6.45, 7) is 3.92. The highest BCUT2D eigenvalue weighted by molar-refractivity contribution is 5.30. The first-order valence-electron chi connectivity index (χ1n) is 7.97. The number of hydrogen-bond donors (Lipinski definition) is 1. The lowest BCUT2D eigenvalue weighted by Crippen LogP contribution is -2.57. The summed E-state index contributed by atoms with van der Waals surface area (Å²) in [6, 6.07) is 4.96. The average Bonchev–Trinajstić information content (AvgIpc) is 2.45. The van der Waals surface area contributed by atoms with Crippen LogP contribution in [0.4, 0.5) is 13.2 Å². The molecule has 1 aliphatic carbocycles. The second kappa shape index (κ2) is 5.76. The molecule has 3 nitrogen and oxygen atoms in total. The van der Waals surface area contributed by atoms with Gasteiger partial charge in [-0.1, -0.05) is 12.1 Å². The molecule has 2 fully saturated rings. The Kier molecular flexibility index (Phi) is 4.19. The van der Waals surface area contributed by atoms with Gasteiger partial charge in [0, 0.05) is 19.6 Å². The summed E-state index contributed by atoms with van der Waals surface area (Å²) >= 11 is 0. The molecule has 0 amide bonds. The summed E-state index contributed by atoms with van der Waals surface area (Å²) in [5.41, 5.74) is -1.86. The van der Waals surface area contributed by atoms with E-state index in [-0.39, 0.29) is 5.60 Å². The summed E-state index contributed by atoms with van der Waals surface area (Å²) in [7, 11) is 0.